The third kappa shape index (κ3) is 15.7. The molecule has 0 aliphatic heterocycles. The summed E-state index contributed by atoms with van der Waals surface area (Å²) in [5.41, 5.74) is 0. The van der Waals surface area contributed by atoms with E-state index in [1.165, 1.54) is 32.2 Å². The van der Waals surface area contributed by atoms with E-state index in [2.05, 4.69) is 12.2 Å². The third-order valence-corrected chi connectivity index (χ3v) is 1.28. The SMILES string of the molecule is CCCCCCNC.CO. The van der Waals surface area contributed by atoms with Crippen molar-refractivity contribution in [3.8, 4) is 0 Å². The van der Waals surface area contributed by atoms with E-state index in [0.717, 1.165) is 7.11 Å². The zero-order chi connectivity index (χ0) is 8.24. The molecule has 2 N–H and O–H groups in total. The van der Waals surface area contributed by atoms with Gasteiger partial charge in [0, 0.05) is 7.11 Å². The molecule has 0 aliphatic rings. The smallest absolute Gasteiger partial charge is 0.0319 e. The van der Waals surface area contributed by atoms with E-state index in [0.29, 0.717) is 0 Å². The quantitative estimate of drug-likeness (QED) is 0.576. The van der Waals surface area contributed by atoms with E-state index in [1.54, 1.807) is 0 Å². The Morgan fingerprint density at radius 2 is 1.70 bits per heavy atom. The van der Waals surface area contributed by atoms with Crippen LogP contribution in [-0.4, -0.2) is 25.8 Å². The van der Waals surface area contributed by atoms with Crippen molar-refractivity contribution in [1.29, 1.82) is 0 Å². The van der Waals surface area contributed by atoms with Gasteiger partial charge in [-0.25, -0.2) is 0 Å². The molecule has 0 saturated carbocycles. The van der Waals surface area contributed by atoms with Gasteiger partial charge in [0.15, 0.2) is 0 Å². The second kappa shape index (κ2) is 16.0. The summed E-state index contributed by atoms with van der Waals surface area (Å²) >= 11 is 0. The van der Waals surface area contributed by atoms with Crippen molar-refractivity contribution in [2.75, 3.05) is 20.7 Å². The molecule has 0 heterocycles. The van der Waals surface area contributed by atoms with Crippen LogP contribution in [0.3, 0.4) is 0 Å². The highest BCUT2D eigenvalue weighted by Crippen LogP contribution is 1.96. The van der Waals surface area contributed by atoms with Crippen LogP contribution in [0.4, 0.5) is 0 Å². The lowest BCUT2D eigenvalue weighted by Gasteiger charge is -1.95. The van der Waals surface area contributed by atoms with E-state index in [1.807, 2.05) is 7.05 Å². The fourth-order valence-electron chi connectivity index (χ4n) is 0.729. The van der Waals surface area contributed by atoms with E-state index in [9.17, 15) is 0 Å². The first-order valence-corrected chi connectivity index (χ1v) is 4.01. The van der Waals surface area contributed by atoms with Gasteiger partial charge in [-0.2, -0.15) is 0 Å². The van der Waals surface area contributed by atoms with Crippen molar-refractivity contribution in [3.05, 3.63) is 0 Å². The molecule has 64 valence electrons. The number of aliphatic hydroxyl groups excluding tert-OH is 1. The van der Waals surface area contributed by atoms with Crippen LogP contribution in [0.5, 0.6) is 0 Å². The van der Waals surface area contributed by atoms with Crippen molar-refractivity contribution in [1.82, 2.24) is 5.32 Å². The fourth-order valence-corrected chi connectivity index (χ4v) is 0.729. The van der Waals surface area contributed by atoms with Gasteiger partial charge >= 0.3 is 0 Å². The Balaban J connectivity index is 0. The van der Waals surface area contributed by atoms with Gasteiger partial charge in [0.1, 0.15) is 0 Å². The Labute approximate surface area is 64.6 Å². The van der Waals surface area contributed by atoms with Crippen LogP contribution in [0.25, 0.3) is 0 Å². The highest BCUT2D eigenvalue weighted by atomic mass is 16.2. The lowest BCUT2D eigenvalue weighted by molar-refractivity contribution is 0.399. The van der Waals surface area contributed by atoms with Crippen molar-refractivity contribution in [2.24, 2.45) is 0 Å². The number of nitrogens with one attached hydrogen (secondary N) is 1. The Morgan fingerprint density at radius 3 is 2.10 bits per heavy atom. The van der Waals surface area contributed by atoms with Crippen molar-refractivity contribution < 1.29 is 5.11 Å². The van der Waals surface area contributed by atoms with Gasteiger partial charge in [-0.15, -0.1) is 0 Å². The minimum Gasteiger partial charge on any atom is -0.400 e. The van der Waals surface area contributed by atoms with Gasteiger partial charge in [0.2, 0.25) is 0 Å². The number of unbranched alkanes of at least 4 members (excludes halogenated alkanes) is 3. The minimum atomic E-state index is 1.00. The molecule has 0 aromatic heterocycles. The Kier molecular flexibility index (Phi) is 20.1. The minimum absolute atomic E-state index is 1.00. The summed E-state index contributed by atoms with van der Waals surface area (Å²) in [6, 6.07) is 0. The summed E-state index contributed by atoms with van der Waals surface area (Å²) < 4.78 is 0. The van der Waals surface area contributed by atoms with Crippen LogP contribution in [0.15, 0.2) is 0 Å². The zero-order valence-electron chi connectivity index (χ0n) is 7.48. The molecule has 0 rings (SSSR count). The molecule has 0 bridgehead atoms. The maximum Gasteiger partial charge on any atom is 0.0319 e. The highest BCUT2D eigenvalue weighted by Gasteiger charge is 1.82. The summed E-state index contributed by atoms with van der Waals surface area (Å²) in [5, 5.41) is 10.1. The van der Waals surface area contributed by atoms with Crippen LogP contribution in [0.1, 0.15) is 32.6 Å². The molecule has 0 aromatic carbocycles. The lowest BCUT2D eigenvalue weighted by Crippen LogP contribution is -2.06. The number of aliphatic hydroxyl groups is 1. The summed E-state index contributed by atoms with van der Waals surface area (Å²) in [4.78, 5) is 0. The monoisotopic (exact) mass is 147 g/mol. The average Bonchev–Trinajstić information content (AvgIpc) is 2.02. The standard InChI is InChI=1S/C7H17N.CH4O/c1-3-4-5-6-7-8-2;1-2/h8H,3-7H2,1-2H3;2H,1H3. The zero-order valence-corrected chi connectivity index (χ0v) is 7.48. The normalized spacial score (nSPS) is 8.40. The molecule has 0 aromatic rings. The predicted molar refractivity (Wildman–Crippen MR) is 46.2 cm³/mol. The molecule has 10 heavy (non-hydrogen) atoms. The molecule has 0 radical (unpaired) electrons. The van der Waals surface area contributed by atoms with Gasteiger partial charge in [0.05, 0.1) is 0 Å². The van der Waals surface area contributed by atoms with Gasteiger partial charge in [-0.05, 0) is 20.0 Å². The van der Waals surface area contributed by atoms with E-state index < -0.39 is 0 Å². The number of hydrogen-bond acceptors (Lipinski definition) is 2. The molecule has 0 unspecified atom stereocenters. The first-order valence-electron chi connectivity index (χ1n) is 4.01. The molecule has 0 saturated heterocycles. The van der Waals surface area contributed by atoms with Crippen LogP contribution < -0.4 is 5.32 Å². The summed E-state index contributed by atoms with van der Waals surface area (Å²) in [6.45, 7) is 3.42. The third-order valence-electron chi connectivity index (χ3n) is 1.28. The maximum atomic E-state index is 7.00. The second-order valence-corrected chi connectivity index (χ2v) is 2.16. The fraction of sp³-hybridized carbons (Fsp3) is 1.00. The lowest BCUT2D eigenvalue weighted by atomic mass is 10.2. The first kappa shape index (κ1) is 12.6. The topological polar surface area (TPSA) is 32.3 Å². The largest absolute Gasteiger partial charge is 0.400 e. The molecule has 0 atom stereocenters. The highest BCUT2D eigenvalue weighted by molar-refractivity contribution is 4.41. The average molecular weight is 147 g/mol. The van der Waals surface area contributed by atoms with Crippen LogP contribution >= 0.6 is 0 Å². The molecular formula is C8H21NO. The van der Waals surface area contributed by atoms with Crippen molar-refractivity contribution in [2.45, 2.75) is 32.6 Å². The number of hydrogen-bond donors (Lipinski definition) is 2. The van der Waals surface area contributed by atoms with Crippen LogP contribution in [0.2, 0.25) is 0 Å². The van der Waals surface area contributed by atoms with Gasteiger partial charge < -0.3 is 10.4 Å². The molecule has 0 spiro atoms. The van der Waals surface area contributed by atoms with Gasteiger partial charge in [0.25, 0.3) is 0 Å². The molecular weight excluding hydrogens is 126 g/mol. The molecule has 2 nitrogen and oxygen atoms in total. The van der Waals surface area contributed by atoms with Gasteiger partial charge in [-0.1, -0.05) is 26.2 Å². The van der Waals surface area contributed by atoms with E-state index >= 15 is 0 Å². The maximum absolute atomic E-state index is 7.00. The molecule has 0 aliphatic carbocycles. The molecule has 2 heteroatoms. The van der Waals surface area contributed by atoms with Crippen LogP contribution in [0, 0.1) is 0 Å². The van der Waals surface area contributed by atoms with E-state index in [4.69, 9.17) is 5.11 Å². The Hall–Kier alpha value is -0.0800. The van der Waals surface area contributed by atoms with E-state index in [-0.39, 0.29) is 0 Å². The summed E-state index contributed by atoms with van der Waals surface area (Å²) in [7, 11) is 3.01. The van der Waals surface area contributed by atoms with Crippen LogP contribution in [-0.2, 0) is 0 Å². The summed E-state index contributed by atoms with van der Waals surface area (Å²) in [5.74, 6) is 0. The first-order chi connectivity index (χ1) is 4.91. The Bertz CT molecular complexity index is 34.2. The van der Waals surface area contributed by atoms with Crippen molar-refractivity contribution in [3.63, 3.8) is 0 Å². The second-order valence-electron chi connectivity index (χ2n) is 2.16. The van der Waals surface area contributed by atoms with Gasteiger partial charge in [-0.3, -0.25) is 0 Å². The predicted octanol–water partition coefficient (Wildman–Crippen LogP) is 1.39. The molecule has 0 fully saturated rings. The summed E-state index contributed by atoms with van der Waals surface area (Å²) in [6.07, 6.45) is 5.45. The molecule has 0 amide bonds. The Morgan fingerprint density at radius 1 is 1.10 bits per heavy atom. The number of rotatable bonds is 5. The van der Waals surface area contributed by atoms with Crippen molar-refractivity contribution >= 4 is 0 Å².